The molecule has 2 unspecified atom stereocenters. The number of terminal acetylenes is 1. The smallest absolute Gasteiger partial charge is 0.313 e. The minimum Gasteiger partial charge on any atom is -0.504 e. The number of aromatic hydroxyl groups is 1. The van der Waals surface area contributed by atoms with Crippen LogP contribution in [0.2, 0.25) is 0 Å². The lowest BCUT2D eigenvalue weighted by atomic mass is 9.94. The Bertz CT molecular complexity index is 582. The number of hydrogen-bond donors (Lipinski definition) is 3. The number of phenols is 1. The molecule has 0 radical (unpaired) electrons. The van der Waals surface area contributed by atoms with Crippen molar-refractivity contribution in [2.75, 3.05) is 26.3 Å². The molecule has 0 aliphatic rings. The summed E-state index contributed by atoms with van der Waals surface area (Å²) in [5, 5.41) is 23.9. The third-order valence-corrected chi connectivity index (χ3v) is 3.67. The topological polar surface area (TPSA) is 88.0 Å². The Balaban J connectivity index is 2.97. The Hall–Kier alpha value is -2.23. The predicted molar refractivity (Wildman–Crippen MR) is 95.3 cm³/mol. The second-order valence-corrected chi connectivity index (χ2v) is 5.53. The average molecular weight is 349 g/mol. The van der Waals surface area contributed by atoms with Crippen LogP contribution in [0, 0.1) is 18.3 Å². The van der Waals surface area contributed by atoms with Gasteiger partial charge in [-0.25, -0.2) is 0 Å². The number of hydrogen-bond acceptors (Lipinski definition) is 6. The van der Waals surface area contributed by atoms with Crippen molar-refractivity contribution < 1.29 is 24.5 Å². The lowest BCUT2D eigenvalue weighted by Crippen LogP contribution is -2.34. The van der Waals surface area contributed by atoms with Gasteiger partial charge in [0.25, 0.3) is 0 Å². The highest BCUT2D eigenvalue weighted by Gasteiger charge is 2.31. The summed E-state index contributed by atoms with van der Waals surface area (Å²) in [5.74, 6) is 1.06. The molecular weight excluding hydrogens is 322 g/mol. The summed E-state index contributed by atoms with van der Waals surface area (Å²) < 4.78 is 10.6. The molecule has 0 aromatic heterocycles. The van der Waals surface area contributed by atoms with Crippen LogP contribution >= 0.6 is 0 Å². The van der Waals surface area contributed by atoms with E-state index in [1.54, 1.807) is 25.1 Å². The maximum Gasteiger partial charge on any atom is 0.313 e. The number of phenolic OH excluding ortho intramolecular Hbond substituents is 1. The molecule has 0 aliphatic carbocycles. The van der Waals surface area contributed by atoms with Gasteiger partial charge in [0, 0.05) is 12.1 Å². The van der Waals surface area contributed by atoms with Crippen LogP contribution in [0.1, 0.15) is 38.4 Å². The zero-order valence-electron chi connectivity index (χ0n) is 14.8. The molecule has 0 amide bonds. The molecule has 3 N–H and O–H groups in total. The predicted octanol–water partition coefficient (Wildman–Crippen LogP) is 2.01. The Morgan fingerprint density at radius 3 is 2.80 bits per heavy atom. The molecule has 0 heterocycles. The van der Waals surface area contributed by atoms with Gasteiger partial charge in [-0.3, -0.25) is 4.79 Å². The van der Waals surface area contributed by atoms with E-state index < -0.39 is 18.0 Å². The summed E-state index contributed by atoms with van der Waals surface area (Å²) >= 11 is 0. The molecule has 1 aromatic rings. The number of carbonyl (C=O) groups excluding carboxylic acids is 1. The number of nitrogens with one attached hydrogen (secondary N) is 1. The van der Waals surface area contributed by atoms with Gasteiger partial charge in [-0.2, -0.15) is 0 Å². The number of benzene rings is 1. The van der Waals surface area contributed by atoms with Gasteiger partial charge in [0.2, 0.25) is 0 Å². The Labute approximate surface area is 149 Å². The fourth-order valence-electron chi connectivity index (χ4n) is 2.31. The van der Waals surface area contributed by atoms with E-state index in [0.717, 1.165) is 12.8 Å². The standard InChI is InChI=1S/C19H27NO5/c1-4-7-12-25-19(23)15(13-20-11-5-2)17(21)14-9-8-10-16(18(14)22)24-6-3/h2,8-10,15,17,20-22H,4,6-7,11-13H2,1,3H3. The lowest BCUT2D eigenvalue weighted by Gasteiger charge is -2.23. The number of rotatable bonds is 11. The van der Waals surface area contributed by atoms with Crippen LogP contribution in [0.25, 0.3) is 0 Å². The first-order valence-electron chi connectivity index (χ1n) is 8.50. The monoisotopic (exact) mass is 349 g/mol. The number of aliphatic hydroxyl groups excluding tert-OH is 1. The maximum absolute atomic E-state index is 12.4. The molecule has 0 spiro atoms. The van der Waals surface area contributed by atoms with Crippen molar-refractivity contribution in [2.24, 2.45) is 5.92 Å². The van der Waals surface area contributed by atoms with Crippen molar-refractivity contribution in [3.63, 3.8) is 0 Å². The van der Waals surface area contributed by atoms with Gasteiger partial charge >= 0.3 is 5.97 Å². The Kier molecular flexibility index (Phi) is 9.45. The van der Waals surface area contributed by atoms with Crippen LogP contribution in [-0.4, -0.2) is 42.5 Å². The largest absolute Gasteiger partial charge is 0.504 e. The van der Waals surface area contributed by atoms with Crippen molar-refractivity contribution in [1.82, 2.24) is 5.32 Å². The normalized spacial score (nSPS) is 12.9. The first-order chi connectivity index (χ1) is 12.1. The number of esters is 1. The number of ether oxygens (including phenoxy) is 2. The second-order valence-electron chi connectivity index (χ2n) is 5.53. The van der Waals surface area contributed by atoms with Crippen LogP contribution in [-0.2, 0) is 9.53 Å². The van der Waals surface area contributed by atoms with Crippen molar-refractivity contribution in [1.29, 1.82) is 0 Å². The van der Waals surface area contributed by atoms with Gasteiger partial charge < -0.3 is 25.0 Å². The van der Waals surface area contributed by atoms with E-state index in [-0.39, 0.29) is 30.2 Å². The number of para-hydroxylation sites is 1. The molecule has 6 nitrogen and oxygen atoms in total. The van der Waals surface area contributed by atoms with E-state index in [1.165, 1.54) is 0 Å². The number of aliphatic hydroxyl groups is 1. The van der Waals surface area contributed by atoms with Gasteiger partial charge in [-0.1, -0.05) is 31.4 Å². The third kappa shape index (κ3) is 6.29. The van der Waals surface area contributed by atoms with E-state index in [0.29, 0.717) is 13.2 Å². The van der Waals surface area contributed by atoms with E-state index >= 15 is 0 Å². The summed E-state index contributed by atoms with van der Waals surface area (Å²) in [6.07, 6.45) is 5.60. The summed E-state index contributed by atoms with van der Waals surface area (Å²) in [4.78, 5) is 12.4. The van der Waals surface area contributed by atoms with E-state index in [9.17, 15) is 15.0 Å². The van der Waals surface area contributed by atoms with Gasteiger partial charge in [-0.15, -0.1) is 6.42 Å². The minimum atomic E-state index is -1.25. The SMILES string of the molecule is C#CCNCC(C(=O)OCCCC)C(O)c1cccc(OCC)c1O. The van der Waals surface area contributed by atoms with Crippen molar-refractivity contribution in [2.45, 2.75) is 32.8 Å². The Morgan fingerprint density at radius 1 is 1.40 bits per heavy atom. The molecule has 0 fully saturated rings. The van der Waals surface area contributed by atoms with Gasteiger partial charge in [0.05, 0.1) is 31.8 Å². The third-order valence-electron chi connectivity index (χ3n) is 3.67. The first kappa shape index (κ1) is 20.8. The van der Waals surface area contributed by atoms with Crippen LogP contribution in [0.15, 0.2) is 18.2 Å². The van der Waals surface area contributed by atoms with Crippen LogP contribution in [0.4, 0.5) is 0 Å². The molecule has 1 rings (SSSR count). The Morgan fingerprint density at radius 2 is 2.16 bits per heavy atom. The molecule has 0 bridgehead atoms. The summed E-state index contributed by atoms with van der Waals surface area (Å²) in [5.41, 5.74) is 0.214. The molecule has 2 atom stereocenters. The molecule has 1 aromatic carbocycles. The maximum atomic E-state index is 12.4. The fourth-order valence-corrected chi connectivity index (χ4v) is 2.31. The zero-order valence-corrected chi connectivity index (χ0v) is 14.8. The van der Waals surface area contributed by atoms with E-state index in [2.05, 4.69) is 11.2 Å². The molecule has 0 saturated carbocycles. The molecule has 0 aliphatic heterocycles. The summed E-state index contributed by atoms with van der Waals surface area (Å²) in [6.45, 7) is 4.84. The second kappa shape index (κ2) is 11.3. The van der Waals surface area contributed by atoms with Crippen molar-refractivity contribution in [3.05, 3.63) is 23.8 Å². The average Bonchev–Trinajstić information content (AvgIpc) is 2.60. The summed E-state index contributed by atoms with van der Waals surface area (Å²) in [6, 6.07) is 4.80. The minimum absolute atomic E-state index is 0.134. The highest BCUT2D eigenvalue weighted by atomic mass is 16.5. The van der Waals surface area contributed by atoms with Crippen LogP contribution in [0.5, 0.6) is 11.5 Å². The van der Waals surface area contributed by atoms with Crippen LogP contribution in [0.3, 0.4) is 0 Å². The van der Waals surface area contributed by atoms with Crippen LogP contribution < -0.4 is 10.1 Å². The molecule has 6 heteroatoms. The highest BCUT2D eigenvalue weighted by Crippen LogP contribution is 2.36. The van der Waals surface area contributed by atoms with E-state index in [1.807, 2.05) is 6.92 Å². The first-order valence-corrected chi connectivity index (χ1v) is 8.50. The van der Waals surface area contributed by atoms with Crippen molar-refractivity contribution >= 4 is 5.97 Å². The van der Waals surface area contributed by atoms with Gasteiger partial charge in [0.1, 0.15) is 0 Å². The fraction of sp³-hybridized carbons (Fsp3) is 0.526. The highest BCUT2D eigenvalue weighted by molar-refractivity contribution is 5.74. The van der Waals surface area contributed by atoms with Crippen molar-refractivity contribution in [3.8, 4) is 23.8 Å². The summed E-state index contributed by atoms with van der Waals surface area (Å²) in [7, 11) is 0. The number of carbonyl (C=O) groups is 1. The van der Waals surface area contributed by atoms with Gasteiger partial charge in [0.15, 0.2) is 11.5 Å². The number of unbranched alkanes of at least 4 members (excludes halogenated alkanes) is 1. The molecule has 0 saturated heterocycles. The van der Waals surface area contributed by atoms with Gasteiger partial charge in [-0.05, 0) is 19.4 Å². The molecular formula is C19H27NO5. The molecule has 138 valence electrons. The zero-order chi connectivity index (χ0) is 18.7. The van der Waals surface area contributed by atoms with E-state index in [4.69, 9.17) is 15.9 Å². The molecule has 25 heavy (non-hydrogen) atoms. The lowest BCUT2D eigenvalue weighted by molar-refractivity contribution is -0.152. The quantitative estimate of drug-likeness (QED) is 0.322.